The zero-order valence-corrected chi connectivity index (χ0v) is 13.6. The van der Waals surface area contributed by atoms with Gasteiger partial charge in [0.1, 0.15) is 0 Å². The number of nitrogens with zero attached hydrogens (tertiary/aromatic N) is 3. The Hall–Kier alpha value is -2.60. The summed E-state index contributed by atoms with van der Waals surface area (Å²) in [6.45, 7) is 3.05. The molecule has 0 saturated carbocycles. The molecule has 1 aliphatic heterocycles. The second-order valence-corrected chi connectivity index (χ2v) is 5.84. The molecule has 0 radical (unpaired) electrons. The average molecular weight is 324 g/mol. The van der Waals surface area contributed by atoms with Crippen LogP contribution in [0.15, 0.2) is 42.7 Å². The highest BCUT2D eigenvalue weighted by molar-refractivity contribution is 6.04. The Bertz CT molecular complexity index is 710. The van der Waals surface area contributed by atoms with Crippen LogP contribution in [0.2, 0.25) is 0 Å². The van der Waals surface area contributed by atoms with Crippen LogP contribution >= 0.6 is 0 Å². The molecule has 0 spiro atoms. The Balaban J connectivity index is 1.81. The van der Waals surface area contributed by atoms with E-state index in [1.165, 1.54) is 24.2 Å². The maximum atomic E-state index is 12.7. The Morgan fingerprint density at radius 1 is 1.08 bits per heavy atom. The van der Waals surface area contributed by atoms with Gasteiger partial charge < -0.3 is 5.32 Å². The van der Waals surface area contributed by atoms with Crippen LogP contribution in [0.1, 0.15) is 30.1 Å². The molecule has 124 valence electrons. The molecule has 24 heavy (non-hydrogen) atoms. The van der Waals surface area contributed by atoms with Gasteiger partial charge in [0.2, 0.25) is 5.91 Å². The molecule has 0 aliphatic carbocycles. The smallest absolute Gasteiger partial charge is 0.263 e. The van der Waals surface area contributed by atoms with Crippen LogP contribution in [0.5, 0.6) is 0 Å². The number of imide groups is 1. The minimum absolute atomic E-state index is 0.0648. The molecule has 2 heterocycles. The lowest BCUT2D eigenvalue weighted by Gasteiger charge is -2.32. The standard InChI is InChI=1S/C18H20N4O2/c1-13(23)22(16-7-9-19-10-8-16)18(24)15-11-20-17(21-12-15)14-5-3-2-4-6-14/h2-6,11-12,16,19H,7-10H2,1H3. The van der Waals surface area contributed by atoms with E-state index in [1.54, 1.807) is 0 Å². The van der Waals surface area contributed by atoms with Crippen LogP contribution in [-0.4, -0.2) is 45.8 Å². The van der Waals surface area contributed by atoms with E-state index in [4.69, 9.17) is 0 Å². The second kappa shape index (κ2) is 7.31. The van der Waals surface area contributed by atoms with Crippen LogP contribution in [0.3, 0.4) is 0 Å². The Labute approximate surface area is 140 Å². The van der Waals surface area contributed by atoms with Gasteiger partial charge in [-0.1, -0.05) is 30.3 Å². The summed E-state index contributed by atoms with van der Waals surface area (Å²) in [6.07, 6.45) is 4.53. The summed E-state index contributed by atoms with van der Waals surface area (Å²) in [5, 5.41) is 3.24. The summed E-state index contributed by atoms with van der Waals surface area (Å²) in [5.41, 5.74) is 1.22. The van der Waals surface area contributed by atoms with Crippen molar-refractivity contribution in [1.82, 2.24) is 20.2 Å². The first-order chi connectivity index (χ1) is 11.7. The van der Waals surface area contributed by atoms with Crippen molar-refractivity contribution < 1.29 is 9.59 Å². The van der Waals surface area contributed by atoms with E-state index in [2.05, 4.69) is 15.3 Å². The third kappa shape index (κ3) is 3.49. The zero-order valence-electron chi connectivity index (χ0n) is 13.6. The molecule has 1 fully saturated rings. The van der Waals surface area contributed by atoms with E-state index in [-0.39, 0.29) is 17.9 Å². The van der Waals surface area contributed by atoms with Crippen LogP contribution in [-0.2, 0) is 4.79 Å². The van der Waals surface area contributed by atoms with Crippen molar-refractivity contribution in [2.75, 3.05) is 13.1 Å². The number of carbonyl (C=O) groups excluding carboxylic acids is 2. The molecule has 1 aliphatic rings. The number of piperidine rings is 1. The molecule has 6 nitrogen and oxygen atoms in total. The van der Waals surface area contributed by atoms with Crippen molar-refractivity contribution in [3.05, 3.63) is 48.3 Å². The van der Waals surface area contributed by atoms with E-state index < -0.39 is 0 Å². The fraction of sp³-hybridized carbons (Fsp3) is 0.333. The number of benzene rings is 1. The quantitative estimate of drug-likeness (QED) is 0.933. The molecule has 3 rings (SSSR count). The van der Waals surface area contributed by atoms with Crippen molar-refractivity contribution >= 4 is 11.8 Å². The lowest BCUT2D eigenvalue weighted by atomic mass is 10.0. The summed E-state index contributed by atoms with van der Waals surface area (Å²) in [5.74, 6) is -0.00330. The van der Waals surface area contributed by atoms with Gasteiger partial charge in [0.15, 0.2) is 5.82 Å². The topological polar surface area (TPSA) is 75.2 Å². The van der Waals surface area contributed by atoms with Crippen LogP contribution in [0, 0.1) is 0 Å². The molecule has 0 bridgehead atoms. The van der Waals surface area contributed by atoms with Crippen LogP contribution < -0.4 is 5.32 Å². The summed E-state index contributed by atoms with van der Waals surface area (Å²) < 4.78 is 0. The first-order valence-corrected chi connectivity index (χ1v) is 8.09. The predicted octanol–water partition coefficient (Wildman–Crippen LogP) is 1.88. The van der Waals surface area contributed by atoms with Gasteiger partial charge in [0.25, 0.3) is 5.91 Å². The van der Waals surface area contributed by atoms with Gasteiger partial charge in [-0.25, -0.2) is 9.97 Å². The Morgan fingerprint density at radius 3 is 2.29 bits per heavy atom. The summed E-state index contributed by atoms with van der Waals surface area (Å²) in [6, 6.07) is 9.50. The maximum Gasteiger partial charge on any atom is 0.263 e. The lowest BCUT2D eigenvalue weighted by molar-refractivity contribution is -0.128. The lowest BCUT2D eigenvalue weighted by Crippen LogP contribution is -2.48. The molecule has 2 amide bonds. The number of aromatic nitrogens is 2. The molecule has 6 heteroatoms. The summed E-state index contributed by atoms with van der Waals surface area (Å²) in [4.78, 5) is 34.6. The van der Waals surface area contributed by atoms with Gasteiger partial charge >= 0.3 is 0 Å². The minimum Gasteiger partial charge on any atom is -0.317 e. The molecule has 1 aromatic carbocycles. The zero-order chi connectivity index (χ0) is 16.9. The van der Waals surface area contributed by atoms with E-state index in [1.807, 2.05) is 30.3 Å². The molecule has 1 N–H and O–H groups in total. The van der Waals surface area contributed by atoms with Crippen LogP contribution in [0.4, 0.5) is 0 Å². The molecule has 2 aromatic rings. The fourth-order valence-corrected chi connectivity index (χ4v) is 2.94. The van der Waals surface area contributed by atoms with Crippen molar-refractivity contribution in [3.8, 4) is 11.4 Å². The number of carbonyl (C=O) groups is 2. The number of hydrogen-bond donors (Lipinski definition) is 1. The third-order valence-corrected chi connectivity index (χ3v) is 4.16. The van der Waals surface area contributed by atoms with Gasteiger partial charge in [-0.05, 0) is 25.9 Å². The SMILES string of the molecule is CC(=O)N(C(=O)c1cnc(-c2ccccc2)nc1)C1CCNCC1. The number of nitrogens with one attached hydrogen (secondary N) is 1. The summed E-state index contributed by atoms with van der Waals surface area (Å²) >= 11 is 0. The van der Waals surface area contributed by atoms with Crippen molar-refractivity contribution in [2.24, 2.45) is 0 Å². The van der Waals surface area contributed by atoms with Crippen molar-refractivity contribution in [1.29, 1.82) is 0 Å². The Morgan fingerprint density at radius 2 is 1.71 bits per heavy atom. The van der Waals surface area contributed by atoms with E-state index in [0.717, 1.165) is 31.5 Å². The fourth-order valence-electron chi connectivity index (χ4n) is 2.94. The van der Waals surface area contributed by atoms with E-state index in [0.29, 0.717) is 11.4 Å². The van der Waals surface area contributed by atoms with Gasteiger partial charge in [-0.3, -0.25) is 14.5 Å². The number of rotatable bonds is 3. The normalized spacial score (nSPS) is 15.0. The van der Waals surface area contributed by atoms with Gasteiger partial charge in [-0.2, -0.15) is 0 Å². The van der Waals surface area contributed by atoms with E-state index in [9.17, 15) is 9.59 Å². The molecule has 0 atom stereocenters. The molecule has 1 aromatic heterocycles. The molecule has 1 saturated heterocycles. The maximum absolute atomic E-state index is 12.7. The van der Waals surface area contributed by atoms with Gasteiger partial charge in [0, 0.05) is 30.9 Å². The first-order valence-electron chi connectivity index (χ1n) is 8.09. The van der Waals surface area contributed by atoms with Crippen molar-refractivity contribution in [3.63, 3.8) is 0 Å². The number of hydrogen-bond acceptors (Lipinski definition) is 5. The largest absolute Gasteiger partial charge is 0.317 e. The average Bonchev–Trinajstić information content (AvgIpc) is 2.63. The predicted molar refractivity (Wildman–Crippen MR) is 90.2 cm³/mol. The van der Waals surface area contributed by atoms with E-state index >= 15 is 0 Å². The van der Waals surface area contributed by atoms with Gasteiger partial charge in [-0.15, -0.1) is 0 Å². The highest BCUT2D eigenvalue weighted by atomic mass is 16.2. The number of amides is 2. The molecule has 0 unspecified atom stereocenters. The Kier molecular flexibility index (Phi) is 4.96. The second-order valence-electron chi connectivity index (χ2n) is 5.84. The highest BCUT2D eigenvalue weighted by Crippen LogP contribution is 2.17. The first kappa shape index (κ1) is 16.3. The monoisotopic (exact) mass is 324 g/mol. The molecular weight excluding hydrogens is 304 g/mol. The van der Waals surface area contributed by atoms with Crippen molar-refractivity contribution in [2.45, 2.75) is 25.8 Å². The van der Waals surface area contributed by atoms with Crippen LogP contribution in [0.25, 0.3) is 11.4 Å². The third-order valence-electron chi connectivity index (χ3n) is 4.16. The highest BCUT2D eigenvalue weighted by Gasteiger charge is 2.29. The molecular formula is C18H20N4O2. The minimum atomic E-state index is -0.325. The summed E-state index contributed by atoms with van der Waals surface area (Å²) in [7, 11) is 0. The van der Waals surface area contributed by atoms with Gasteiger partial charge in [0.05, 0.1) is 5.56 Å².